The van der Waals surface area contributed by atoms with E-state index in [0.29, 0.717) is 30.7 Å². The lowest BCUT2D eigenvalue weighted by molar-refractivity contribution is 0.0617. The Labute approximate surface area is 114 Å². The third kappa shape index (κ3) is 4.90. The maximum absolute atomic E-state index is 5.72. The summed E-state index contributed by atoms with van der Waals surface area (Å²) in [5, 5.41) is 3.18. The van der Waals surface area contributed by atoms with E-state index in [1.165, 1.54) is 6.33 Å². The highest BCUT2D eigenvalue weighted by atomic mass is 16.6. The molecule has 0 aliphatic rings. The van der Waals surface area contributed by atoms with Gasteiger partial charge >= 0.3 is 0 Å². The predicted octanol–water partition coefficient (Wildman–Crippen LogP) is 2.11. The van der Waals surface area contributed by atoms with Crippen LogP contribution in [0.25, 0.3) is 0 Å². The van der Waals surface area contributed by atoms with Crippen LogP contribution >= 0.6 is 0 Å². The monoisotopic (exact) mass is 269 g/mol. The Balaban J connectivity index is 2.76. The Kier molecular flexibility index (Phi) is 6.95. The van der Waals surface area contributed by atoms with Gasteiger partial charge in [0.1, 0.15) is 12.4 Å². The van der Waals surface area contributed by atoms with Crippen LogP contribution in [-0.4, -0.2) is 42.9 Å². The lowest BCUT2D eigenvalue weighted by atomic mass is 10.4. The van der Waals surface area contributed by atoms with Gasteiger partial charge < -0.3 is 19.5 Å². The van der Waals surface area contributed by atoms with Gasteiger partial charge in [0.15, 0.2) is 5.82 Å². The van der Waals surface area contributed by atoms with Crippen LogP contribution in [0, 0.1) is 0 Å². The molecule has 0 bridgehead atoms. The molecule has 1 unspecified atom stereocenters. The van der Waals surface area contributed by atoms with Crippen molar-refractivity contribution < 1.29 is 14.2 Å². The molecule has 0 radical (unpaired) electrons. The summed E-state index contributed by atoms with van der Waals surface area (Å²) in [6.45, 7) is 7.96. The lowest BCUT2D eigenvalue weighted by Gasteiger charge is -2.17. The van der Waals surface area contributed by atoms with E-state index in [-0.39, 0.29) is 6.10 Å². The fraction of sp³-hybridized carbons (Fsp3) is 0.692. The number of hydrogen-bond acceptors (Lipinski definition) is 6. The van der Waals surface area contributed by atoms with E-state index < -0.39 is 0 Å². The van der Waals surface area contributed by atoms with Crippen molar-refractivity contribution in [3.05, 3.63) is 6.33 Å². The molecule has 0 saturated carbocycles. The van der Waals surface area contributed by atoms with Gasteiger partial charge in [-0.3, -0.25) is 0 Å². The first-order valence-electron chi connectivity index (χ1n) is 6.60. The molecule has 0 saturated heterocycles. The SMILES string of the molecule is CCCNc1ncnc(OC(C)COCC)c1OC. The molecule has 0 spiro atoms. The van der Waals surface area contributed by atoms with Crippen LogP contribution in [0.1, 0.15) is 27.2 Å². The van der Waals surface area contributed by atoms with Gasteiger partial charge in [0.25, 0.3) is 5.88 Å². The standard InChI is InChI=1S/C13H23N3O3/c1-5-7-14-12-11(17-4)13(16-9-15-12)19-10(3)8-18-6-2/h9-10H,5-8H2,1-4H3,(H,14,15,16). The van der Waals surface area contributed by atoms with E-state index in [2.05, 4.69) is 22.2 Å². The van der Waals surface area contributed by atoms with Crippen LogP contribution < -0.4 is 14.8 Å². The van der Waals surface area contributed by atoms with E-state index in [4.69, 9.17) is 14.2 Å². The topological polar surface area (TPSA) is 65.5 Å². The molecule has 19 heavy (non-hydrogen) atoms. The Morgan fingerprint density at radius 1 is 1.32 bits per heavy atom. The number of methoxy groups -OCH3 is 1. The molecule has 6 heteroatoms. The van der Waals surface area contributed by atoms with Gasteiger partial charge in [0.2, 0.25) is 5.75 Å². The average Bonchev–Trinajstić information content (AvgIpc) is 2.43. The number of rotatable bonds is 9. The van der Waals surface area contributed by atoms with Crippen LogP contribution in [0.2, 0.25) is 0 Å². The Bertz CT molecular complexity index is 374. The second-order valence-electron chi connectivity index (χ2n) is 4.08. The first-order chi connectivity index (χ1) is 9.22. The van der Waals surface area contributed by atoms with Crippen LogP contribution in [0.4, 0.5) is 5.82 Å². The molecular weight excluding hydrogens is 246 g/mol. The van der Waals surface area contributed by atoms with Crippen molar-refractivity contribution in [1.29, 1.82) is 0 Å². The van der Waals surface area contributed by atoms with Crippen LogP contribution in [-0.2, 0) is 4.74 Å². The van der Waals surface area contributed by atoms with Crippen LogP contribution in [0.5, 0.6) is 11.6 Å². The molecule has 0 aliphatic carbocycles. The van der Waals surface area contributed by atoms with Crippen molar-refractivity contribution in [2.75, 3.05) is 32.2 Å². The number of nitrogens with one attached hydrogen (secondary N) is 1. The van der Waals surface area contributed by atoms with E-state index in [0.717, 1.165) is 13.0 Å². The van der Waals surface area contributed by atoms with Crippen molar-refractivity contribution in [3.63, 3.8) is 0 Å². The summed E-state index contributed by atoms with van der Waals surface area (Å²) in [5.74, 6) is 1.61. The summed E-state index contributed by atoms with van der Waals surface area (Å²) >= 11 is 0. The molecule has 1 aromatic rings. The maximum atomic E-state index is 5.72. The van der Waals surface area contributed by atoms with Crippen molar-refractivity contribution in [2.24, 2.45) is 0 Å². The minimum absolute atomic E-state index is 0.0947. The highest BCUT2D eigenvalue weighted by Crippen LogP contribution is 2.31. The van der Waals surface area contributed by atoms with Gasteiger partial charge in [-0.1, -0.05) is 6.92 Å². The molecule has 1 aromatic heterocycles. The van der Waals surface area contributed by atoms with Crippen molar-refractivity contribution >= 4 is 5.82 Å². The molecule has 1 rings (SSSR count). The smallest absolute Gasteiger partial charge is 0.262 e. The first-order valence-corrected chi connectivity index (χ1v) is 6.60. The third-order valence-electron chi connectivity index (χ3n) is 2.39. The van der Waals surface area contributed by atoms with E-state index in [9.17, 15) is 0 Å². The number of ether oxygens (including phenoxy) is 3. The summed E-state index contributed by atoms with van der Waals surface area (Å²) < 4.78 is 16.4. The van der Waals surface area contributed by atoms with E-state index in [1.54, 1.807) is 7.11 Å². The van der Waals surface area contributed by atoms with Gasteiger partial charge in [-0.05, 0) is 20.3 Å². The zero-order valence-corrected chi connectivity index (χ0v) is 12.1. The van der Waals surface area contributed by atoms with Crippen molar-refractivity contribution in [1.82, 2.24) is 9.97 Å². The molecule has 1 heterocycles. The molecule has 6 nitrogen and oxygen atoms in total. The highest BCUT2D eigenvalue weighted by molar-refractivity contribution is 5.55. The number of anilines is 1. The van der Waals surface area contributed by atoms with Crippen molar-refractivity contribution in [2.45, 2.75) is 33.3 Å². The van der Waals surface area contributed by atoms with Crippen LogP contribution in [0.15, 0.2) is 6.33 Å². The highest BCUT2D eigenvalue weighted by Gasteiger charge is 2.15. The number of nitrogens with zero attached hydrogens (tertiary/aromatic N) is 2. The molecule has 0 fully saturated rings. The predicted molar refractivity (Wildman–Crippen MR) is 73.9 cm³/mol. The van der Waals surface area contributed by atoms with Gasteiger partial charge in [0.05, 0.1) is 13.7 Å². The molecule has 108 valence electrons. The quantitative estimate of drug-likeness (QED) is 0.740. The lowest BCUT2D eigenvalue weighted by Crippen LogP contribution is -2.20. The second-order valence-corrected chi connectivity index (χ2v) is 4.08. The molecule has 0 aliphatic heterocycles. The van der Waals surface area contributed by atoms with Gasteiger partial charge in [-0.15, -0.1) is 0 Å². The molecule has 1 N–H and O–H groups in total. The minimum Gasteiger partial charge on any atom is -0.489 e. The summed E-state index contributed by atoms with van der Waals surface area (Å²) in [6, 6.07) is 0. The largest absolute Gasteiger partial charge is 0.489 e. The van der Waals surface area contributed by atoms with Crippen LogP contribution in [0.3, 0.4) is 0 Å². The second kappa shape index (κ2) is 8.53. The third-order valence-corrected chi connectivity index (χ3v) is 2.39. The van der Waals surface area contributed by atoms with E-state index in [1.807, 2.05) is 13.8 Å². The normalized spacial score (nSPS) is 12.0. The fourth-order valence-corrected chi connectivity index (χ4v) is 1.50. The van der Waals surface area contributed by atoms with Gasteiger partial charge in [-0.25, -0.2) is 4.98 Å². The van der Waals surface area contributed by atoms with Crippen molar-refractivity contribution in [3.8, 4) is 11.6 Å². The first kappa shape index (κ1) is 15.5. The number of hydrogen-bond donors (Lipinski definition) is 1. The van der Waals surface area contributed by atoms with Gasteiger partial charge in [-0.2, -0.15) is 4.98 Å². The maximum Gasteiger partial charge on any atom is 0.262 e. The molecule has 0 amide bonds. The zero-order valence-electron chi connectivity index (χ0n) is 12.1. The molecular formula is C13H23N3O3. The summed E-state index contributed by atoms with van der Waals surface area (Å²) in [7, 11) is 1.58. The minimum atomic E-state index is -0.0947. The summed E-state index contributed by atoms with van der Waals surface area (Å²) in [5.41, 5.74) is 0. The summed E-state index contributed by atoms with van der Waals surface area (Å²) in [6.07, 6.45) is 2.37. The zero-order chi connectivity index (χ0) is 14.1. The van der Waals surface area contributed by atoms with Gasteiger partial charge in [0, 0.05) is 13.2 Å². The Morgan fingerprint density at radius 2 is 2.11 bits per heavy atom. The Morgan fingerprint density at radius 3 is 2.74 bits per heavy atom. The number of aromatic nitrogens is 2. The Hall–Kier alpha value is -1.56. The van der Waals surface area contributed by atoms with E-state index >= 15 is 0 Å². The average molecular weight is 269 g/mol. The molecule has 1 atom stereocenters. The summed E-state index contributed by atoms with van der Waals surface area (Å²) in [4.78, 5) is 8.27. The fourth-order valence-electron chi connectivity index (χ4n) is 1.50. The molecule has 0 aromatic carbocycles.